The summed E-state index contributed by atoms with van der Waals surface area (Å²) in [5.74, 6) is -1.05. The number of hydrogen-bond donors (Lipinski definition) is 3. The topological polar surface area (TPSA) is 104 Å². The molecule has 0 aliphatic heterocycles. The molecule has 0 bridgehead atoms. The Balaban J connectivity index is 2.37. The van der Waals surface area contributed by atoms with Crippen LogP contribution < -0.4 is 4.72 Å². The van der Waals surface area contributed by atoms with Crippen molar-refractivity contribution in [2.75, 3.05) is 6.61 Å². The Morgan fingerprint density at radius 3 is 2.21 bits per heavy atom. The average molecular weight is 349 g/mol. The second-order valence-electron chi connectivity index (χ2n) is 6.02. The first kappa shape index (κ1) is 18.1. The van der Waals surface area contributed by atoms with E-state index >= 15 is 0 Å². The Bertz CT molecular complexity index is 842. The van der Waals surface area contributed by atoms with Crippen molar-refractivity contribution >= 4 is 16.0 Å². The van der Waals surface area contributed by atoms with Gasteiger partial charge in [-0.3, -0.25) is 0 Å². The van der Waals surface area contributed by atoms with E-state index in [4.69, 9.17) is 0 Å². The second kappa shape index (κ2) is 6.72. The Labute approximate surface area is 140 Å². The Hall–Kier alpha value is -2.22. The molecule has 0 radical (unpaired) electrons. The number of aliphatic hydroxyl groups excluding tert-OH is 1. The van der Waals surface area contributed by atoms with Gasteiger partial charge in [0.25, 0.3) is 0 Å². The third-order valence-electron chi connectivity index (χ3n) is 3.44. The third kappa shape index (κ3) is 4.00. The smallest absolute Gasteiger partial charge is 0.336 e. The van der Waals surface area contributed by atoms with Crippen LogP contribution in [0.2, 0.25) is 0 Å². The number of nitrogens with one attached hydrogen (secondary N) is 1. The van der Waals surface area contributed by atoms with Crippen LogP contribution in [0.5, 0.6) is 0 Å². The summed E-state index contributed by atoms with van der Waals surface area (Å²) in [4.78, 5) is 11.3. The van der Waals surface area contributed by atoms with E-state index in [-0.39, 0.29) is 17.1 Å². The number of aliphatic hydroxyl groups is 1. The molecule has 0 atom stereocenters. The van der Waals surface area contributed by atoms with Gasteiger partial charge in [-0.2, -0.15) is 0 Å². The summed E-state index contributed by atoms with van der Waals surface area (Å²) in [7, 11) is -3.78. The van der Waals surface area contributed by atoms with Crippen LogP contribution in [0.1, 0.15) is 24.2 Å². The van der Waals surface area contributed by atoms with Gasteiger partial charge in [0.15, 0.2) is 0 Å². The Morgan fingerprint density at radius 2 is 1.67 bits per heavy atom. The number of hydrogen-bond acceptors (Lipinski definition) is 4. The van der Waals surface area contributed by atoms with Crippen LogP contribution >= 0.6 is 0 Å². The molecule has 2 aromatic carbocycles. The monoisotopic (exact) mass is 349 g/mol. The molecule has 0 aromatic heterocycles. The van der Waals surface area contributed by atoms with Gasteiger partial charge in [-0.05, 0) is 43.2 Å². The molecule has 0 saturated carbocycles. The molecule has 2 rings (SSSR count). The van der Waals surface area contributed by atoms with Gasteiger partial charge in [0.05, 0.1) is 22.6 Å². The maximum Gasteiger partial charge on any atom is 0.336 e. The first-order valence-corrected chi connectivity index (χ1v) is 8.72. The van der Waals surface area contributed by atoms with E-state index in [1.165, 1.54) is 18.2 Å². The molecule has 24 heavy (non-hydrogen) atoms. The quantitative estimate of drug-likeness (QED) is 0.741. The molecule has 3 N–H and O–H groups in total. The van der Waals surface area contributed by atoms with E-state index in [2.05, 4.69) is 4.72 Å². The van der Waals surface area contributed by atoms with Crippen molar-refractivity contribution in [1.29, 1.82) is 0 Å². The molecular formula is C17H19NO5S. The van der Waals surface area contributed by atoms with Crippen molar-refractivity contribution in [2.45, 2.75) is 24.3 Å². The highest BCUT2D eigenvalue weighted by molar-refractivity contribution is 7.89. The van der Waals surface area contributed by atoms with Gasteiger partial charge in [-0.25, -0.2) is 17.9 Å². The number of rotatable bonds is 6. The minimum absolute atomic E-state index is 0.0422. The molecule has 0 aliphatic rings. The van der Waals surface area contributed by atoms with E-state index in [1.54, 1.807) is 44.2 Å². The van der Waals surface area contributed by atoms with Gasteiger partial charge in [-0.15, -0.1) is 0 Å². The molecule has 0 saturated heterocycles. The molecule has 0 heterocycles. The lowest BCUT2D eigenvalue weighted by atomic mass is 10.00. The first-order chi connectivity index (χ1) is 11.2. The highest BCUT2D eigenvalue weighted by Gasteiger charge is 2.25. The molecule has 0 fully saturated rings. The normalized spacial score (nSPS) is 12.1. The fourth-order valence-electron chi connectivity index (χ4n) is 2.19. The number of carbonyl (C=O) groups is 1. The highest BCUT2D eigenvalue weighted by Crippen LogP contribution is 2.25. The first-order valence-electron chi connectivity index (χ1n) is 7.24. The van der Waals surface area contributed by atoms with E-state index in [1.807, 2.05) is 0 Å². The summed E-state index contributed by atoms with van der Waals surface area (Å²) >= 11 is 0. The van der Waals surface area contributed by atoms with Gasteiger partial charge in [0, 0.05) is 0 Å². The molecule has 0 spiro atoms. The summed E-state index contributed by atoms with van der Waals surface area (Å²) in [6, 6.07) is 12.4. The maximum absolute atomic E-state index is 12.3. The molecule has 0 unspecified atom stereocenters. The molecule has 0 amide bonds. The van der Waals surface area contributed by atoms with Crippen LogP contribution in [0.25, 0.3) is 11.1 Å². The van der Waals surface area contributed by atoms with E-state index < -0.39 is 21.5 Å². The van der Waals surface area contributed by atoms with Crippen LogP contribution in [0.3, 0.4) is 0 Å². The van der Waals surface area contributed by atoms with Gasteiger partial charge in [0.2, 0.25) is 10.0 Å². The average Bonchev–Trinajstić information content (AvgIpc) is 2.54. The van der Waals surface area contributed by atoms with Crippen LogP contribution in [0, 0.1) is 0 Å². The molecule has 2 aromatic rings. The fraction of sp³-hybridized carbons (Fsp3) is 0.235. The second-order valence-corrected chi connectivity index (χ2v) is 7.71. The number of carboxylic acids is 1. The minimum atomic E-state index is -3.78. The minimum Gasteiger partial charge on any atom is -0.478 e. The zero-order valence-electron chi connectivity index (χ0n) is 13.4. The summed E-state index contributed by atoms with van der Waals surface area (Å²) in [5, 5.41) is 18.4. The molecule has 0 aliphatic carbocycles. The zero-order valence-corrected chi connectivity index (χ0v) is 14.2. The van der Waals surface area contributed by atoms with Crippen LogP contribution in [0.4, 0.5) is 0 Å². The van der Waals surface area contributed by atoms with Crippen molar-refractivity contribution in [3.05, 3.63) is 54.1 Å². The van der Waals surface area contributed by atoms with E-state index in [0.29, 0.717) is 11.1 Å². The van der Waals surface area contributed by atoms with Crippen LogP contribution in [-0.2, 0) is 10.0 Å². The van der Waals surface area contributed by atoms with Crippen molar-refractivity contribution in [1.82, 2.24) is 4.72 Å². The number of carboxylic acid groups (broad SMARTS) is 1. The number of sulfonamides is 1. The predicted molar refractivity (Wildman–Crippen MR) is 90.3 cm³/mol. The standard InChI is InChI=1S/C17H19NO5S/c1-17(2,11-19)18-24(22,23)13-9-7-12(8-10-13)14-5-3-4-6-15(14)16(20)21/h3-10,18-19H,11H2,1-2H3,(H,20,21). The number of aromatic carboxylic acids is 1. The zero-order chi connectivity index (χ0) is 18.0. The molecule has 7 heteroatoms. The van der Waals surface area contributed by atoms with Crippen molar-refractivity contribution < 1.29 is 23.4 Å². The highest BCUT2D eigenvalue weighted by atomic mass is 32.2. The van der Waals surface area contributed by atoms with Gasteiger partial charge >= 0.3 is 5.97 Å². The van der Waals surface area contributed by atoms with Crippen LogP contribution in [0.15, 0.2) is 53.4 Å². The van der Waals surface area contributed by atoms with E-state index in [9.17, 15) is 23.4 Å². The molecule has 6 nitrogen and oxygen atoms in total. The predicted octanol–water partition coefficient (Wildman–Crippen LogP) is 2.10. The molecular weight excluding hydrogens is 330 g/mol. The van der Waals surface area contributed by atoms with Crippen molar-refractivity contribution in [2.24, 2.45) is 0 Å². The lowest BCUT2D eigenvalue weighted by Crippen LogP contribution is -2.46. The molecule has 128 valence electrons. The Morgan fingerprint density at radius 1 is 1.08 bits per heavy atom. The summed E-state index contributed by atoms with van der Waals surface area (Å²) < 4.78 is 27.0. The fourth-order valence-corrected chi connectivity index (χ4v) is 3.59. The van der Waals surface area contributed by atoms with Gasteiger partial charge < -0.3 is 10.2 Å². The van der Waals surface area contributed by atoms with E-state index in [0.717, 1.165) is 0 Å². The van der Waals surface area contributed by atoms with Gasteiger partial charge in [0.1, 0.15) is 0 Å². The van der Waals surface area contributed by atoms with Crippen molar-refractivity contribution in [3.63, 3.8) is 0 Å². The van der Waals surface area contributed by atoms with Crippen molar-refractivity contribution in [3.8, 4) is 11.1 Å². The maximum atomic E-state index is 12.3. The lowest BCUT2D eigenvalue weighted by molar-refractivity contribution is 0.0697. The lowest BCUT2D eigenvalue weighted by Gasteiger charge is -2.23. The summed E-state index contributed by atoms with van der Waals surface area (Å²) in [5.41, 5.74) is 0.284. The summed E-state index contributed by atoms with van der Waals surface area (Å²) in [6.07, 6.45) is 0. The third-order valence-corrected chi connectivity index (χ3v) is 5.15. The van der Waals surface area contributed by atoms with Gasteiger partial charge in [-0.1, -0.05) is 30.3 Å². The number of benzene rings is 2. The Kier molecular flexibility index (Phi) is 5.08. The summed E-state index contributed by atoms with van der Waals surface area (Å²) in [6.45, 7) is 2.81. The van der Waals surface area contributed by atoms with Crippen LogP contribution in [-0.4, -0.2) is 36.7 Å². The largest absolute Gasteiger partial charge is 0.478 e. The SMILES string of the molecule is CC(C)(CO)NS(=O)(=O)c1ccc(-c2ccccc2C(=O)O)cc1.